The molecule has 9 heteroatoms. The van der Waals surface area contributed by atoms with E-state index in [9.17, 15) is 4.79 Å². The van der Waals surface area contributed by atoms with E-state index in [2.05, 4.69) is 30.6 Å². The van der Waals surface area contributed by atoms with Crippen molar-refractivity contribution in [2.45, 2.75) is 19.5 Å². The Kier molecular flexibility index (Phi) is 4.49. The maximum atomic E-state index is 12.3. The number of thiazole rings is 1. The fourth-order valence-corrected chi connectivity index (χ4v) is 3.44. The van der Waals surface area contributed by atoms with Gasteiger partial charge in [-0.3, -0.25) is 14.8 Å². The third-order valence-electron chi connectivity index (χ3n) is 3.91. The van der Waals surface area contributed by atoms with Gasteiger partial charge in [0.1, 0.15) is 22.2 Å². The summed E-state index contributed by atoms with van der Waals surface area (Å²) in [6.45, 7) is 2.99. The van der Waals surface area contributed by atoms with Gasteiger partial charge in [-0.05, 0) is 0 Å². The molecule has 0 saturated carbocycles. The molecule has 0 atom stereocenters. The maximum absolute atomic E-state index is 12.3. The van der Waals surface area contributed by atoms with Crippen LogP contribution in [0.5, 0.6) is 0 Å². The zero-order chi connectivity index (χ0) is 17.1. The number of carbonyl (C=O) groups is 1. The predicted molar refractivity (Wildman–Crippen MR) is 93.1 cm³/mol. The summed E-state index contributed by atoms with van der Waals surface area (Å²) in [6, 6.07) is 0. The highest BCUT2D eigenvalue weighted by Gasteiger charge is 2.16. The molecule has 8 nitrogen and oxygen atoms in total. The van der Waals surface area contributed by atoms with Gasteiger partial charge in [-0.15, -0.1) is 11.3 Å². The molecule has 0 aliphatic carbocycles. The minimum absolute atomic E-state index is 0.178. The highest BCUT2D eigenvalue weighted by molar-refractivity contribution is 7.13. The molecule has 0 spiro atoms. The first-order valence-electron chi connectivity index (χ1n) is 8.05. The van der Waals surface area contributed by atoms with Gasteiger partial charge < -0.3 is 15.2 Å². The van der Waals surface area contributed by atoms with Crippen LogP contribution in [-0.2, 0) is 19.5 Å². The zero-order valence-corrected chi connectivity index (χ0v) is 14.3. The van der Waals surface area contributed by atoms with Crippen molar-refractivity contribution in [2.75, 3.05) is 13.1 Å². The van der Waals surface area contributed by atoms with Gasteiger partial charge >= 0.3 is 0 Å². The Morgan fingerprint density at radius 2 is 2.28 bits per heavy atom. The first-order chi connectivity index (χ1) is 12.3. The van der Waals surface area contributed by atoms with Gasteiger partial charge in [0.2, 0.25) is 0 Å². The summed E-state index contributed by atoms with van der Waals surface area (Å²) in [5.41, 5.74) is 1.99. The number of rotatable bonds is 4. The van der Waals surface area contributed by atoms with E-state index >= 15 is 0 Å². The van der Waals surface area contributed by atoms with Crippen molar-refractivity contribution < 1.29 is 4.79 Å². The summed E-state index contributed by atoms with van der Waals surface area (Å²) in [5, 5.41) is 8.90. The van der Waals surface area contributed by atoms with E-state index in [1.165, 1.54) is 11.3 Å². The standard InChI is InChI=1S/C16H17N7OS/c24-15(13-9-23-6-5-17-2-1-14(23)22-13)20-7-11-10-25-16(21-11)12-8-18-3-4-19-12/h3-4,8-10,17H,1-2,5-7H2,(H,20,24). The van der Waals surface area contributed by atoms with Crippen LogP contribution in [0, 0.1) is 0 Å². The zero-order valence-electron chi connectivity index (χ0n) is 13.5. The highest BCUT2D eigenvalue weighted by Crippen LogP contribution is 2.20. The molecule has 2 N–H and O–H groups in total. The number of imidazole rings is 1. The molecule has 0 aromatic carbocycles. The minimum Gasteiger partial charge on any atom is -0.345 e. The largest absolute Gasteiger partial charge is 0.345 e. The first kappa shape index (κ1) is 15.9. The van der Waals surface area contributed by atoms with Crippen LogP contribution >= 0.6 is 11.3 Å². The van der Waals surface area contributed by atoms with Crippen molar-refractivity contribution in [1.82, 2.24) is 35.1 Å². The highest BCUT2D eigenvalue weighted by atomic mass is 32.1. The second kappa shape index (κ2) is 7.08. The third-order valence-corrected chi connectivity index (χ3v) is 4.82. The van der Waals surface area contributed by atoms with Crippen molar-refractivity contribution >= 4 is 17.2 Å². The number of fused-ring (bicyclic) bond motifs is 1. The molecule has 0 bridgehead atoms. The van der Waals surface area contributed by atoms with Gasteiger partial charge in [-0.2, -0.15) is 0 Å². The lowest BCUT2D eigenvalue weighted by atomic mass is 10.4. The molecule has 3 aromatic rings. The van der Waals surface area contributed by atoms with Crippen LogP contribution in [0.2, 0.25) is 0 Å². The van der Waals surface area contributed by atoms with Gasteiger partial charge in [0.15, 0.2) is 0 Å². The van der Waals surface area contributed by atoms with Gasteiger partial charge in [0, 0.05) is 50.0 Å². The number of hydrogen-bond acceptors (Lipinski definition) is 7. The molecule has 1 aliphatic rings. The molecular formula is C16H17N7OS. The van der Waals surface area contributed by atoms with Crippen molar-refractivity contribution in [1.29, 1.82) is 0 Å². The third kappa shape index (κ3) is 3.57. The first-order valence-corrected chi connectivity index (χ1v) is 8.93. The lowest BCUT2D eigenvalue weighted by Gasteiger charge is -2.01. The molecule has 128 valence electrons. The average molecular weight is 355 g/mol. The number of nitrogens with zero attached hydrogens (tertiary/aromatic N) is 5. The summed E-state index contributed by atoms with van der Waals surface area (Å²) in [7, 11) is 0. The van der Waals surface area contributed by atoms with Gasteiger partial charge in [-0.1, -0.05) is 0 Å². The van der Waals surface area contributed by atoms with Crippen LogP contribution in [0.1, 0.15) is 22.0 Å². The number of aromatic nitrogens is 5. The smallest absolute Gasteiger partial charge is 0.271 e. The molecule has 4 rings (SSSR count). The van der Waals surface area contributed by atoms with E-state index in [0.717, 1.165) is 48.3 Å². The Labute approximate surface area is 148 Å². The minimum atomic E-state index is -0.178. The van der Waals surface area contributed by atoms with E-state index in [-0.39, 0.29) is 5.91 Å². The van der Waals surface area contributed by atoms with E-state index in [1.807, 2.05) is 16.1 Å². The SMILES string of the molecule is O=C(NCc1csc(-c2cnccn2)n1)c1cn2c(n1)CCNCC2. The van der Waals surface area contributed by atoms with Crippen LogP contribution in [-0.4, -0.2) is 43.5 Å². The van der Waals surface area contributed by atoms with Crippen molar-refractivity contribution in [3.63, 3.8) is 0 Å². The molecule has 0 fully saturated rings. The molecule has 3 aromatic heterocycles. The molecule has 0 radical (unpaired) electrons. The fraction of sp³-hybridized carbons (Fsp3) is 0.312. The molecule has 1 amide bonds. The summed E-state index contributed by atoms with van der Waals surface area (Å²) in [4.78, 5) is 29.6. The Hall–Kier alpha value is -2.65. The number of hydrogen-bond donors (Lipinski definition) is 2. The summed E-state index contributed by atoms with van der Waals surface area (Å²) < 4.78 is 2.05. The summed E-state index contributed by atoms with van der Waals surface area (Å²) in [6.07, 6.45) is 7.59. The predicted octanol–water partition coefficient (Wildman–Crippen LogP) is 0.872. The molecule has 1 aliphatic heterocycles. The maximum Gasteiger partial charge on any atom is 0.271 e. The molecule has 0 saturated heterocycles. The molecule has 4 heterocycles. The topological polar surface area (TPSA) is 97.6 Å². The Balaban J connectivity index is 1.40. The number of nitrogens with one attached hydrogen (secondary N) is 2. The van der Waals surface area contributed by atoms with Crippen LogP contribution in [0.15, 0.2) is 30.2 Å². The average Bonchev–Trinajstić information content (AvgIpc) is 3.23. The van der Waals surface area contributed by atoms with E-state index in [0.29, 0.717) is 12.2 Å². The number of amides is 1. The molecule has 25 heavy (non-hydrogen) atoms. The lowest BCUT2D eigenvalue weighted by molar-refractivity contribution is 0.0945. The van der Waals surface area contributed by atoms with Crippen molar-refractivity contribution in [3.8, 4) is 10.7 Å². The molecular weight excluding hydrogens is 338 g/mol. The van der Waals surface area contributed by atoms with E-state index in [1.54, 1.807) is 18.6 Å². The van der Waals surface area contributed by atoms with Crippen LogP contribution < -0.4 is 10.6 Å². The second-order valence-electron chi connectivity index (χ2n) is 5.65. The van der Waals surface area contributed by atoms with Crippen LogP contribution in [0.25, 0.3) is 10.7 Å². The van der Waals surface area contributed by atoms with Gasteiger partial charge in [0.05, 0.1) is 18.4 Å². The normalized spacial score (nSPS) is 13.9. The Morgan fingerprint density at radius 3 is 3.16 bits per heavy atom. The van der Waals surface area contributed by atoms with Crippen molar-refractivity contribution in [3.05, 3.63) is 47.4 Å². The van der Waals surface area contributed by atoms with Gasteiger partial charge in [-0.25, -0.2) is 9.97 Å². The summed E-state index contributed by atoms with van der Waals surface area (Å²) in [5.74, 6) is 0.774. The monoisotopic (exact) mass is 355 g/mol. The van der Waals surface area contributed by atoms with Gasteiger partial charge in [0.25, 0.3) is 5.91 Å². The van der Waals surface area contributed by atoms with E-state index in [4.69, 9.17) is 0 Å². The van der Waals surface area contributed by atoms with E-state index < -0.39 is 0 Å². The Morgan fingerprint density at radius 1 is 1.32 bits per heavy atom. The quantitative estimate of drug-likeness (QED) is 0.721. The lowest BCUT2D eigenvalue weighted by Crippen LogP contribution is -2.23. The van der Waals surface area contributed by atoms with Crippen LogP contribution in [0.4, 0.5) is 0 Å². The number of carbonyl (C=O) groups excluding carboxylic acids is 1. The Bertz CT molecular complexity index is 850. The molecule has 0 unspecified atom stereocenters. The second-order valence-corrected chi connectivity index (χ2v) is 6.51. The van der Waals surface area contributed by atoms with Crippen LogP contribution in [0.3, 0.4) is 0 Å². The summed E-state index contributed by atoms with van der Waals surface area (Å²) >= 11 is 1.48. The van der Waals surface area contributed by atoms with Crippen molar-refractivity contribution in [2.24, 2.45) is 0 Å². The fourth-order valence-electron chi connectivity index (χ4n) is 2.66.